The maximum absolute atomic E-state index is 12.6. The van der Waals surface area contributed by atoms with Gasteiger partial charge in [-0.05, 0) is 6.92 Å². The number of halogens is 6. The van der Waals surface area contributed by atoms with E-state index in [1.807, 2.05) is 0 Å². The quantitative estimate of drug-likeness (QED) is 0.601. The summed E-state index contributed by atoms with van der Waals surface area (Å²) in [7, 11) is 0. The van der Waals surface area contributed by atoms with Crippen molar-refractivity contribution in [2.24, 2.45) is 0 Å². The monoisotopic (exact) mass is 250 g/mol. The van der Waals surface area contributed by atoms with E-state index in [4.69, 9.17) is 5.11 Å². The fraction of sp³-hybridized carbons (Fsp3) is 0.625. The van der Waals surface area contributed by atoms with Gasteiger partial charge in [-0.2, -0.15) is 17.6 Å². The number of carboxylic acids is 1. The molecule has 0 fully saturated rings. The van der Waals surface area contributed by atoms with Crippen LogP contribution in [0.3, 0.4) is 0 Å². The van der Waals surface area contributed by atoms with E-state index in [9.17, 15) is 31.1 Å². The van der Waals surface area contributed by atoms with Crippen LogP contribution in [0.2, 0.25) is 0 Å². The third-order valence-electron chi connectivity index (χ3n) is 1.76. The van der Waals surface area contributed by atoms with Gasteiger partial charge in [-0.15, -0.1) is 0 Å². The van der Waals surface area contributed by atoms with Crippen LogP contribution in [-0.4, -0.2) is 29.3 Å². The second-order valence-electron chi connectivity index (χ2n) is 3.02. The highest BCUT2D eigenvalue weighted by atomic mass is 19.3. The van der Waals surface area contributed by atoms with Gasteiger partial charge in [0.25, 0.3) is 0 Å². The molecule has 0 spiro atoms. The smallest absolute Gasteiger partial charge is 0.369 e. The van der Waals surface area contributed by atoms with Gasteiger partial charge < -0.3 is 5.11 Å². The number of rotatable bonds is 5. The SMILES string of the molecule is C/C(=C\CC(F)(F)C(F)(F)C(F)F)C(=O)O. The van der Waals surface area contributed by atoms with Crippen LogP contribution in [0.25, 0.3) is 0 Å². The molecule has 0 aliphatic carbocycles. The summed E-state index contributed by atoms with van der Waals surface area (Å²) in [4.78, 5) is 10.2. The molecule has 0 aliphatic heterocycles. The van der Waals surface area contributed by atoms with Crippen molar-refractivity contribution < 1.29 is 36.2 Å². The Morgan fingerprint density at radius 2 is 1.75 bits per heavy atom. The predicted octanol–water partition coefficient (Wildman–Crippen LogP) is 2.94. The van der Waals surface area contributed by atoms with Gasteiger partial charge in [0, 0.05) is 12.0 Å². The normalized spacial score (nSPS) is 14.4. The molecule has 0 amide bonds. The van der Waals surface area contributed by atoms with Crippen molar-refractivity contribution in [3.05, 3.63) is 11.6 Å². The Balaban J connectivity index is 4.83. The van der Waals surface area contributed by atoms with Crippen LogP contribution in [0, 0.1) is 0 Å². The highest BCUT2D eigenvalue weighted by molar-refractivity contribution is 5.85. The van der Waals surface area contributed by atoms with Gasteiger partial charge in [0.2, 0.25) is 0 Å². The Hall–Kier alpha value is -1.21. The van der Waals surface area contributed by atoms with E-state index in [1.165, 1.54) is 0 Å². The summed E-state index contributed by atoms with van der Waals surface area (Å²) in [6.45, 7) is 0.888. The number of allylic oxidation sites excluding steroid dienone is 1. The summed E-state index contributed by atoms with van der Waals surface area (Å²) in [5.41, 5.74) is -0.621. The molecule has 0 aromatic heterocycles. The average Bonchev–Trinajstić information content (AvgIpc) is 2.13. The Morgan fingerprint density at radius 3 is 2.06 bits per heavy atom. The lowest BCUT2D eigenvalue weighted by Crippen LogP contribution is -2.46. The molecule has 0 aliphatic rings. The molecule has 94 valence electrons. The molecule has 0 atom stereocenters. The molecular weight excluding hydrogens is 242 g/mol. The standard InChI is InChI=1S/C8H8F6O2/c1-4(5(15)16)2-3-7(11,12)8(13,14)6(9)10/h2,6H,3H2,1H3,(H,15,16)/b4-2+. The molecule has 0 aromatic rings. The average molecular weight is 250 g/mol. The van der Waals surface area contributed by atoms with E-state index in [0.717, 1.165) is 6.92 Å². The van der Waals surface area contributed by atoms with E-state index in [-0.39, 0.29) is 6.08 Å². The first-order valence-electron chi connectivity index (χ1n) is 3.96. The van der Waals surface area contributed by atoms with Gasteiger partial charge in [-0.1, -0.05) is 6.08 Å². The van der Waals surface area contributed by atoms with Gasteiger partial charge in [-0.3, -0.25) is 0 Å². The summed E-state index contributed by atoms with van der Waals surface area (Å²) < 4.78 is 73.1. The molecule has 0 saturated carbocycles. The number of aliphatic carboxylic acids is 1. The largest absolute Gasteiger partial charge is 0.478 e. The summed E-state index contributed by atoms with van der Waals surface area (Å²) >= 11 is 0. The second-order valence-corrected chi connectivity index (χ2v) is 3.02. The van der Waals surface area contributed by atoms with Gasteiger partial charge in [0.15, 0.2) is 0 Å². The van der Waals surface area contributed by atoms with Crippen LogP contribution in [-0.2, 0) is 4.79 Å². The fourth-order valence-corrected chi connectivity index (χ4v) is 0.664. The van der Waals surface area contributed by atoms with Crippen LogP contribution in [0.4, 0.5) is 26.3 Å². The first-order valence-corrected chi connectivity index (χ1v) is 3.96. The van der Waals surface area contributed by atoms with Crippen molar-refractivity contribution in [2.45, 2.75) is 31.6 Å². The zero-order valence-electron chi connectivity index (χ0n) is 7.99. The molecule has 0 rings (SSSR count). The first kappa shape index (κ1) is 14.8. The molecule has 0 unspecified atom stereocenters. The van der Waals surface area contributed by atoms with E-state index in [0.29, 0.717) is 0 Å². The van der Waals surface area contributed by atoms with Gasteiger partial charge in [-0.25, -0.2) is 13.6 Å². The van der Waals surface area contributed by atoms with Crippen LogP contribution in [0.15, 0.2) is 11.6 Å². The summed E-state index contributed by atoms with van der Waals surface area (Å²) in [5.74, 6) is -12.1. The number of hydrogen-bond acceptors (Lipinski definition) is 1. The molecule has 16 heavy (non-hydrogen) atoms. The van der Waals surface area contributed by atoms with E-state index in [1.54, 1.807) is 0 Å². The van der Waals surface area contributed by atoms with Crippen LogP contribution in [0.5, 0.6) is 0 Å². The molecule has 0 radical (unpaired) electrons. The number of carboxylic acid groups (broad SMARTS) is 1. The van der Waals surface area contributed by atoms with Crippen molar-refractivity contribution in [1.82, 2.24) is 0 Å². The van der Waals surface area contributed by atoms with E-state index in [2.05, 4.69) is 0 Å². The summed E-state index contributed by atoms with van der Waals surface area (Å²) in [6.07, 6.45) is -6.00. The number of carbonyl (C=O) groups is 1. The second kappa shape index (κ2) is 4.75. The Labute approximate surface area is 86.6 Å². The summed E-state index contributed by atoms with van der Waals surface area (Å²) in [5, 5.41) is 8.24. The first-order chi connectivity index (χ1) is 7.02. The fourth-order valence-electron chi connectivity index (χ4n) is 0.664. The van der Waals surface area contributed by atoms with Gasteiger partial charge in [0.1, 0.15) is 0 Å². The maximum atomic E-state index is 12.6. The maximum Gasteiger partial charge on any atom is 0.369 e. The van der Waals surface area contributed by atoms with E-state index < -0.39 is 36.2 Å². The molecular formula is C8H8F6O2. The Morgan fingerprint density at radius 1 is 1.31 bits per heavy atom. The van der Waals surface area contributed by atoms with E-state index >= 15 is 0 Å². The lowest BCUT2D eigenvalue weighted by atomic mass is 10.1. The third kappa shape index (κ3) is 3.14. The number of alkyl halides is 6. The topological polar surface area (TPSA) is 37.3 Å². The Kier molecular flexibility index (Phi) is 4.39. The predicted molar refractivity (Wildman–Crippen MR) is 41.9 cm³/mol. The molecule has 8 heteroatoms. The van der Waals surface area contributed by atoms with Crippen molar-refractivity contribution >= 4 is 5.97 Å². The highest BCUT2D eigenvalue weighted by Gasteiger charge is 2.61. The minimum absolute atomic E-state index is 0.276. The van der Waals surface area contributed by atoms with Crippen molar-refractivity contribution in [3.8, 4) is 0 Å². The molecule has 0 bridgehead atoms. The van der Waals surface area contributed by atoms with Crippen molar-refractivity contribution in [1.29, 1.82) is 0 Å². The van der Waals surface area contributed by atoms with Crippen LogP contribution >= 0.6 is 0 Å². The molecule has 0 heterocycles. The van der Waals surface area contributed by atoms with Crippen LogP contribution < -0.4 is 0 Å². The Bertz CT molecular complexity index is 297. The minimum Gasteiger partial charge on any atom is -0.478 e. The van der Waals surface area contributed by atoms with Crippen molar-refractivity contribution in [3.63, 3.8) is 0 Å². The lowest BCUT2D eigenvalue weighted by molar-refractivity contribution is -0.261. The highest BCUT2D eigenvalue weighted by Crippen LogP contribution is 2.41. The van der Waals surface area contributed by atoms with Crippen molar-refractivity contribution in [2.75, 3.05) is 0 Å². The van der Waals surface area contributed by atoms with Gasteiger partial charge in [0.05, 0.1) is 0 Å². The van der Waals surface area contributed by atoms with Crippen LogP contribution in [0.1, 0.15) is 13.3 Å². The molecule has 2 nitrogen and oxygen atoms in total. The van der Waals surface area contributed by atoms with Gasteiger partial charge >= 0.3 is 24.2 Å². The molecule has 0 saturated heterocycles. The molecule has 1 N–H and O–H groups in total. The zero-order chi connectivity index (χ0) is 13.1. The third-order valence-corrected chi connectivity index (χ3v) is 1.76. The molecule has 0 aromatic carbocycles. The lowest BCUT2D eigenvalue weighted by Gasteiger charge is -2.24. The minimum atomic E-state index is -5.48. The zero-order valence-corrected chi connectivity index (χ0v) is 7.99. The summed E-state index contributed by atoms with van der Waals surface area (Å²) in [6, 6.07) is 0. The number of hydrogen-bond donors (Lipinski definition) is 1.